The average molecular weight is 183 g/mol. The zero-order valence-electron chi connectivity index (χ0n) is 7.34. The lowest BCUT2D eigenvalue weighted by molar-refractivity contribution is 0.562. The van der Waals surface area contributed by atoms with Crippen molar-refractivity contribution in [3.8, 4) is 11.3 Å². The van der Waals surface area contributed by atoms with Gasteiger partial charge in [0, 0.05) is 29.7 Å². The van der Waals surface area contributed by atoms with Crippen molar-refractivity contribution in [2.75, 3.05) is 0 Å². The van der Waals surface area contributed by atoms with Crippen molar-refractivity contribution in [3.05, 3.63) is 48.4 Å². The summed E-state index contributed by atoms with van der Waals surface area (Å²) in [6.07, 6.45) is 6.64. The van der Waals surface area contributed by atoms with Crippen LogP contribution in [0.5, 0.6) is 0 Å². The van der Waals surface area contributed by atoms with E-state index in [0.717, 1.165) is 11.3 Å². The molecule has 0 aliphatic heterocycles. The molecular weight excluding hydrogens is 176 g/mol. The molecule has 0 fully saturated rings. The lowest BCUT2D eigenvalue weighted by Crippen LogP contribution is -1.87. The highest BCUT2D eigenvalue weighted by molar-refractivity contribution is 5.77. The first-order valence-corrected chi connectivity index (χ1v) is 4.15. The summed E-state index contributed by atoms with van der Waals surface area (Å²) in [5.74, 6) is 0. The van der Waals surface area contributed by atoms with Crippen LogP contribution in [-0.2, 0) is 4.79 Å². The molecular formula is C11H7N2O. The van der Waals surface area contributed by atoms with Crippen LogP contribution in [0, 0.1) is 0 Å². The molecule has 0 aliphatic rings. The largest absolute Gasteiger partial charge is 0.285 e. The van der Waals surface area contributed by atoms with E-state index in [-0.39, 0.29) is 0 Å². The van der Waals surface area contributed by atoms with Gasteiger partial charge in [0.2, 0.25) is 6.29 Å². The molecule has 0 saturated carbocycles. The Morgan fingerprint density at radius 1 is 1.21 bits per heavy atom. The van der Waals surface area contributed by atoms with Crippen molar-refractivity contribution < 1.29 is 4.79 Å². The molecule has 0 aliphatic carbocycles. The van der Waals surface area contributed by atoms with Crippen molar-refractivity contribution >= 4 is 6.29 Å². The zero-order valence-corrected chi connectivity index (χ0v) is 7.34. The van der Waals surface area contributed by atoms with Crippen LogP contribution < -0.4 is 0 Å². The van der Waals surface area contributed by atoms with Gasteiger partial charge in [-0.15, -0.1) is 0 Å². The molecule has 0 aromatic carbocycles. The fraction of sp³-hybridized carbons (Fsp3) is 0. The van der Waals surface area contributed by atoms with E-state index in [1.807, 2.05) is 18.2 Å². The maximum absolute atomic E-state index is 10.4. The monoisotopic (exact) mass is 183 g/mol. The molecule has 0 unspecified atom stereocenters. The van der Waals surface area contributed by atoms with Gasteiger partial charge in [0.25, 0.3) is 0 Å². The van der Waals surface area contributed by atoms with Crippen molar-refractivity contribution in [2.45, 2.75) is 0 Å². The smallest absolute Gasteiger partial charge is 0.235 e. The summed E-state index contributed by atoms with van der Waals surface area (Å²) in [4.78, 5) is 18.5. The number of hydrogen-bond acceptors (Lipinski definition) is 3. The third kappa shape index (κ3) is 1.66. The Balaban J connectivity index is 2.47. The van der Waals surface area contributed by atoms with Gasteiger partial charge in [0.05, 0.1) is 5.69 Å². The minimum Gasteiger partial charge on any atom is -0.285 e. The van der Waals surface area contributed by atoms with Crippen LogP contribution in [0.3, 0.4) is 0 Å². The second-order valence-corrected chi connectivity index (χ2v) is 2.78. The number of carbonyl (C=O) groups excluding carboxylic acids is 1. The molecule has 0 bridgehead atoms. The molecule has 3 nitrogen and oxygen atoms in total. The Bertz CT molecular complexity index is 440. The fourth-order valence-corrected chi connectivity index (χ4v) is 1.17. The van der Waals surface area contributed by atoms with E-state index >= 15 is 0 Å². The summed E-state index contributed by atoms with van der Waals surface area (Å²) in [6, 6.07) is 7.31. The Labute approximate surface area is 81.5 Å². The van der Waals surface area contributed by atoms with E-state index in [2.05, 4.69) is 9.97 Å². The van der Waals surface area contributed by atoms with Crippen molar-refractivity contribution in [1.82, 2.24) is 9.97 Å². The lowest BCUT2D eigenvalue weighted by atomic mass is 10.1. The van der Waals surface area contributed by atoms with Crippen molar-refractivity contribution in [3.63, 3.8) is 0 Å². The maximum Gasteiger partial charge on any atom is 0.235 e. The van der Waals surface area contributed by atoms with Crippen LogP contribution in [0.4, 0.5) is 0 Å². The van der Waals surface area contributed by atoms with Crippen LogP contribution in [-0.4, -0.2) is 16.3 Å². The first-order valence-electron chi connectivity index (χ1n) is 4.15. The third-order valence-electron chi connectivity index (χ3n) is 1.82. The number of pyridine rings is 2. The van der Waals surface area contributed by atoms with E-state index in [0.29, 0.717) is 5.56 Å². The van der Waals surface area contributed by atoms with Crippen LogP contribution in [0.15, 0.2) is 42.9 Å². The van der Waals surface area contributed by atoms with Gasteiger partial charge in [-0.25, -0.2) is 0 Å². The molecule has 0 spiro atoms. The van der Waals surface area contributed by atoms with Gasteiger partial charge in [-0.1, -0.05) is 6.07 Å². The normalized spacial score (nSPS) is 9.71. The van der Waals surface area contributed by atoms with Gasteiger partial charge in [0.15, 0.2) is 0 Å². The van der Waals surface area contributed by atoms with Gasteiger partial charge in [-0.05, 0) is 18.2 Å². The summed E-state index contributed by atoms with van der Waals surface area (Å²) >= 11 is 0. The van der Waals surface area contributed by atoms with E-state index < -0.39 is 0 Å². The van der Waals surface area contributed by atoms with E-state index in [4.69, 9.17) is 0 Å². The Morgan fingerprint density at radius 2 is 2.14 bits per heavy atom. The van der Waals surface area contributed by atoms with Gasteiger partial charge >= 0.3 is 0 Å². The summed E-state index contributed by atoms with van der Waals surface area (Å²) < 4.78 is 0. The van der Waals surface area contributed by atoms with Crippen molar-refractivity contribution in [2.24, 2.45) is 0 Å². The summed E-state index contributed by atoms with van der Waals surface area (Å²) in [5, 5.41) is 0. The van der Waals surface area contributed by atoms with Crippen LogP contribution >= 0.6 is 0 Å². The van der Waals surface area contributed by atoms with Crippen molar-refractivity contribution in [1.29, 1.82) is 0 Å². The minimum atomic E-state index is 0.438. The first kappa shape index (κ1) is 8.56. The molecule has 2 rings (SSSR count). The molecule has 2 aromatic rings. The van der Waals surface area contributed by atoms with Gasteiger partial charge in [-0.3, -0.25) is 14.8 Å². The highest BCUT2D eigenvalue weighted by Gasteiger charge is 1.99. The first-order chi connectivity index (χ1) is 6.90. The van der Waals surface area contributed by atoms with Crippen LogP contribution in [0.1, 0.15) is 5.56 Å². The molecule has 0 atom stereocenters. The highest BCUT2D eigenvalue weighted by Crippen LogP contribution is 2.15. The summed E-state index contributed by atoms with van der Waals surface area (Å²) in [5.41, 5.74) is 2.07. The average Bonchev–Trinajstić information content (AvgIpc) is 2.30. The quantitative estimate of drug-likeness (QED) is 0.710. The Hall–Kier alpha value is -2.03. The zero-order chi connectivity index (χ0) is 9.80. The number of rotatable bonds is 2. The fourth-order valence-electron chi connectivity index (χ4n) is 1.17. The molecule has 0 N–H and O–H groups in total. The number of aromatic nitrogens is 2. The van der Waals surface area contributed by atoms with Crippen LogP contribution in [0.25, 0.3) is 11.3 Å². The predicted octanol–water partition coefficient (Wildman–Crippen LogP) is 1.60. The maximum atomic E-state index is 10.4. The summed E-state index contributed by atoms with van der Waals surface area (Å²) in [6.45, 7) is 0. The highest BCUT2D eigenvalue weighted by atomic mass is 16.1. The van der Waals surface area contributed by atoms with Gasteiger partial charge in [-0.2, -0.15) is 0 Å². The Morgan fingerprint density at radius 3 is 2.86 bits per heavy atom. The standard InChI is InChI=1S/C11H7N2O/c14-8-9-5-10(7-12-6-9)11-3-1-2-4-13-11/h1-7H. The molecule has 0 saturated heterocycles. The van der Waals surface area contributed by atoms with Gasteiger partial charge < -0.3 is 0 Å². The number of hydrogen-bond donors (Lipinski definition) is 0. The SMILES string of the molecule is O=[C]c1cncc(-c2ccccn2)c1. The number of nitrogens with zero attached hydrogens (tertiary/aromatic N) is 2. The van der Waals surface area contributed by atoms with Crippen LogP contribution in [0.2, 0.25) is 0 Å². The lowest BCUT2D eigenvalue weighted by Gasteiger charge is -1.98. The Kier molecular flexibility index (Phi) is 2.32. The van der Waals surface area contributed by atoms with E-state index in [9.17, 15) is 4.79 Å². The second kappa shape index (κ2) is 3.79. The molecule has 1 radical (unpaired) electrons. The third-order valence-corrected chi connectivity index (χ3v) is 1.82. The second-order valence-electron chi connectivity index (χ2n) is 2.78. The van der Waals surface area contributed by atoms with Gasteiger partial charge in [0.1, 0.15) is 0 Å². The molecule has 14 heavy (non-hydrogen) atoms. The minimum absolute atomic E-state index is 0.438. The molecule has 2 heterocycles. The molecule has 67 valence electrons. The molecule has 3 heteroatoms. The topological polar surface area (TPSA) is 42.9 Å². The van der Waals surface area contributed by atoms with E-state index in [1.165, 1.54) is 6.20 Å². The molecule has 2 aromatic heterocycles. The predicted molar refractivity (Wildman–Crippen MR) is 52.3 cm³/mol. The molecule has 0 amide bonds. The van der Waals surface area contributed by atoms with E-state index in [1.54, 1.807) is 24.7 Å². The summed E-state index contributed by atoms with van der Waals surface area (Å²) in [7, 11) is 0.